The predicted molar refractivity (Wildman–Crippen MR) is 132 cm³/mol. The first-order chi connectivity index (χ1) is 16.6. The number of benzene rings is 2. The SMILES string of the molecule is COc1cccc(C=NNC(=O)CSc2n[nH]c(-c3ccc(Cl)cc3)[n+]2C2CCCCC2)c1O. The molecule has 0 unspecified atom stereocenters. The maximum Gasteiger partial charge on any atom is 0.337 e. The number of carbonyl (C=O) groups is 1. The molecule has 0 saturated heterocycles. The molecule has 1 fully saturated rings. The zero-order valence-corrected chi connectivity index (χ0v) is 20.4. The monoisotopic (exact) mass is 500 g/mol. The first kappa shape index (κ1) is 24.1. The number of ether oxygens (including phenoxy) is 1. The lowest BCUT2D eigenvalue weighted by Crippen LogP contribution is -2.43. The largest absolute Gasteiger partial charge is 0.504 e. The second-order valence-electron chi connectivity index (χ2n) is 8.00. The van der Waals surface area contributed by atoms with E-state index in [0.717, 1.165) is 29.4 Å². The summed E-state index contributed by atoms with van der Waals surface area (Å²) in [6.45, 7) is 0. The molecule has 0 aliphatic heterocycles. The number of aromatic amines is 1. The van der Waals surface area contributed by atoms with E-state index in [1.54, 1.807) is 18.2 Å². The Morgan fingerprint density at radius 3 is 2.79 bits per heavy atom. The maximum absolute atomic E-state index is 12.4. The van der Waals surface area contributed by atoms with Crippen LogP contribution in [0, 0.1) is 0 Å². The Kier molecular flexibility index (Phi) is 8.08. The Bertz CT molecular complexity index is 1160. The summed E-state index contributed by atoms with van der Waals surface area (Å²) < 4.78 is 7.30. The number of para-hydroxylation sites is 1. The molecule has 2 aromatic carbocycles. The van der Waals surface area contributed by atoms with Gasteiger partial charge >= 0.3 is 5.16 Å². The van der Waals surface area contributed by atoms with Crippen LogP contribution in [-0.4, -0.2) is 40.3 Å². The van der Waals surface area contributed by atoms with Crippen LogP contribution in [0.5, 0.6) is 11.5 Å². The molecule has 8 nitrogen and oxygen atoms in total. The summed E-state index contributed by atoms with van der Waals surface area (Å²) in [5, 5.41) is 23.2. The number of rotatable bonds is 8. The van der Waals surface area contributed by atoms with Gasteiger partial charge in [0.05, 0.1) is 35.8 Å². The number of phenols is 1. The molecule has 1 aromatic heterocycles. The van der Waals surface area contributed by atoms with E-state index in [9.17, 15) is 9.90 Å². The molecule has 3 N–H and O–H groups in total. The van der Waals surface area contributed by atoms with Crippen LogP contribution < -0.4 is 14.7 Å². The normalized spacial score (nSPS) is 14.4. The summed E-state index contributed by atoms with van der Waals surface area (Å²) in [7, 11) is 1.47. The van der Waals surface area contributed by atoms with E-state index in [2.05, 4.69) is 25.3 Å². The molecule has 1 heterocycles. The van der Waals surface area contributed by atoms with Crippen molar-refractivity contribution in [2.45, 2.75) is 43.3 Å². The van der Waals surface area contributed by atoms with Crippen LogP contribution in [-0.2, 0) is 4.79 Å². The number of nitrogens with zero attached hydrogens (tertiary/aromatic N) is 3. The minimum Gasteiger partial charge on any atom is -0.504 e. The number of nitrogens with one attached hydrogen (secondary N) is 2. The molecular weight excluding hydrogens is 474 g/mol. The Morgan fingerprint density at radius 1 is 1.29 bits per heavy atom. The van der Waals surface area contributed by atoms with Crippen molar-refractivity contribution in [1.29, 1.82) is 0 Å². The molecule has 1 saturated carbocycles. The number of hydrazone groups is 1. The average Bonchev–Trinajstić information content (AvgIpc) is 3.29. The van der Waals surface area contributed by atoms with E-state index in [4.69, 9.17) is 16.3 Å². The van der Waals surface area contributed by atoms with Gasteiger partial charge in [-0.2, -0.15) is 5.10 Å². The van der Waals surface area contributed by atoms with E-state index in [0.29, 0.717) is 22.4 Å². The van der Waals surface area contributed by atoms with Gasteiger partial charge in [0.25, 0.3) is 11.7 Å². The van der Waals surface area contributed by atoms with Crippen LogP contribution in [0.3, 0.4) is 0 Å². The number of aromatic hydroxyl groups is 1. The zero-order valence-electron chi connectivity index (χ0n) is 18.8. The van der Waals surface area contributed by atoms with E-state index in [1.165, 1.54) is 44.3 Å². The topological polar surface area (TPSA) is 103 Å². The van der Waals surface area contributed by atoms with Crippen molar-refractivity contribution in [2.75, 3.05) is 12.9 Å². The van der Waals surface area contributed by atoms with Gasteiger partial charge in [0.1, 0.15) is 0 Å². The van der Waals surface area contributed by atoms with Crippen LogP contribution in [0.1, 0.15) is 43.7 Å². The van der Waals surface area contributed by atoms with Gasteiger partial charge in [-0.25, -0.2) is 9.99 Å². The lowest BCUT2D eigenvalue weighted by atomic mass is 9.95. The lowest BCUT2D eigenvalue weighted by molar-refractivity contribution is -0.749. The van der Waals surface area contributed by atoms with E-state index in [-0.39, 0.29) is 17.4 Å². The summed E-state index contributed by atoms with van der Waals surface area (Å²) in [6, 6.07) is 13.1. The van der Waals surface area contributed by atoms with Crippen molar-refractivity contribution >= 4 is 35.5 Å². The minimum atomic E-state index is -0.269. The molecule has 0 bridgehead atoms. The summed E-state index contributed by atoms with van der Waals surface area (Å²) in [5.41, 5.74) is 3.95. The minimum absolute atomic E-state index is 0.0304. The molecule has 178 valence electrons. The number of hydrogen-bond donors (Lipinski definition) is 3. The molecule has 0 radical (unpaired) electrons. The Hall–Kier alpha value is -3.04. The third-order valence-electron chi connectivity index (χ3n) is 5.74. The number of thioether (sulfide) groups is 1. The molecular formula is C24H27ClN5O3S+. The van der Waals surface area contributed by atoms with Gasteiger partial charge in [0.2, 0.25) is 0 Å². The van der Waals surface area contributed by atoms with Gasteiger partial charge in [-0.05, 0) is 73.8 Å². The first-order valence-corrected chi connectivity index (χ1v) is 12.5. The number of phenolic OH excluding ortho intramolecular Hbond substituents is 1. The highest BCUT2D eigenvalue weighted by molar-refractivity contribution is 7.99. The summed E-state index contributed by atoms with van der Waals surface area (Å²) in [4.78, 5) is 12.4. The number of methoxy groups -OCH3 is 1. The van der Waals surface area contributed by atoms with Crippen LogP contribution >= 0.6 is 23.4 Å². The molecule has 34 heavy (non-hydrogen) atoms. The van der Waals surface area contributed by atoms with Crippen molar-refractivity contribution in [1.82, 2.24) is 15.6 Å². The number of carbonyl (C=O) groups excluding carboxylic acids is 1. The third-order valence-corrected chi connectivity index (χ3v) is 6.94. The van der Waals surface area contributed by atoms with E-state index in [1.807, 2.05) is 24.3 Å². The molecule has 10 heteroatoms. The highest BCUT2D eigenvalue weighted by Gasteiger charge is 2.30. The fourth-order valence-electron chi connectivity index (χ4n) is 4.04. The standard InChI is InChI=1S/C24H26ClN5O3S/c1-33-20-9-5-6-17(22(20)32)14-26-27-21(31)15-34-24-29-28-23(16-10-12-18(25)13-11-16)30(24)19-7-3-2-4-8-19/h5-6,9-14,19H,2-4,7-8,15H2,1H3,(H2,26,27,31,32)/p+1. The van der Waals surface area contributed by atoms with E-state index >= 15 is 0 Å². The van der Waals surface area contributed by atoms with Gasteiger partial charge in [0, 0.05) is 10.6 Å². The second-order valence-corrected chi connectivity index (χ2v) is 9.38. The highest BCUT2D eigenvalue weighted by atomic mass is 35.5. The smallest absolute Gasteiger partial charge is 0.337 e. The highest BCUT2D eigenvalue weighted by Crippen LogP contribution is 2.29. The first-order valence-electron chi connectivity index (χ1n) is 11.1. The molecule has 1 amide bonds. The fourth-order valence-corrected chi connectivity index (χ4v) is 4.98. The predicted octanol–water partition coefficient (Wildman–Crippen LogP) is 4.48. The summed E-state index contributed by atoms with van der Waals surface area (Å²) >= 11 is 7.43. The molecule has 1 aliphatic rings. The van der Waals surface area contributed by atoms with Gasteiger partial charge < -0.3 is 9.84 Å². The van der Waals surface area contributed by atoms with Gasteiger partial charge in [-0.1, -0.05) is 24.1 Å². The Balaban J connectivity index is 1.45. The number of hydrogen-bond acceptors (Lipinski definition) is 6. The van der Waals surface area contributed by atoms with Crippen molar-refractivity contribution in [3.63, 3.8) is 0 Å². The quantitative estimate of drug-likeness (QED) is 0.183. The van der Waals surface area contributed by atoms with Crippen LogP contribution in [0.25, 0.3) is 11.4 Å². The van der Waals surface area contributed by atoms with Crippen LogP contribution in [0.2, 0.25) is 5.02 Å². The number of amides is 1. The van der Waals surface area contributed by atoms with E-state index < -0.39 is 0 Å². The zero-order chi connectivity index (χ0) is 23.9. The molecule has 4 rings (SSSR count). The summed E-state index contributed by atoms with van der Waals surface area (Å²) in [6.07, 6.45) is 7.16. The fraction of sp³-hybridized carbons (Fsp3) is 0.333. The number of halogens is 1. The van der Waals surface area contributed by atoms with Crippen LogP contribution in [0.15, 0.2) is 52.7 Å². The third kappa shape index (κ3) is 5.71. The van der Waals surface area contributed by atoms with Crippen molar-refractivity contribution in [3.05, 3.63) is 53.1 Å². The van der Waals surface area contributed by atoms with Gasteiger partial charge in [0.15, 0.2) is 11.5 Å². The summed E-state index contributed by atoms with van der Waals surface area (Å²) in [5.74, 6) is 1.11. The second kappa shape index (κ2) is 11.4. The van der Waals surface area contributed by atoms with Gasteiger partial charge in [-0.3, -0.25) is 4.79 Å². The van der Waals surface area contributed by atoms with Gasteiger partial charge in [-0.15, -0.1) is 5.10 Å². The van der Waals surface area contributed by atoms with Crippen molar-refractivity contribution in [3.8, 4) is 22.9 Å². The number of H-pyrrole nitrogens is 1. The molecule has 0 atom stereocenters. The van der Waals surface area contributed by atoms with Crippen molar-refractivity contribution in [2.24, 2.45) is 5.10 Å². The lowest BCUT2D eigenvalue weighted by Gasteiger charge is -2.21. The molecule has 0 spiro atoms. The maximum atomic E-state index is 12.4. The Labute approximate surface area is 207 Å². The molecule has 1 aliphatic carbocycles. The van der Waals surface area contributed by atoms with Crippen LogP contribution in [0.4, 0.5) is 0 Å². The molecule has 3 aromatic rings. The van der Waals surface area contributed by atoms with Crippen molar-refractivity contribution < 1.29 is 19.2 Å². The average molecular weight is 501 g/mol. The number of aromatic nitrogens is 3. The Morgan fingerprint density at radius 2 is 2.06 bits per heavy atom.